The minimum atomic E-state index is -4.47. The van der Waals surface area contributed by atoms with Crippen LogP contribution in [-0.2, 0) is 11.0 Å². The van der Waals surface area contributed by atoms with E-state index in [0.717, 1.165) is 29.5 Å². The molecule has 4 rings (SSSR count). The van der Waals surface area contributed by atoms with Gasteiger partial charge in [-0.15, -0.1) is 10.2 Å². The van der Waals surface area contributed by atoms with Gasteiger partial charge in [-0.3, -0.25) is 4.79 Å². The van der Waals surface area contributed by atoms with Gasteiger partial charge in [0.2, 0.25) is 5.91 Å². The molecular formula is C20H14F3N5OS. The first-order valence-electron chi connectivity index (χ1n) is 8.78. The molecule has 1 N–H and O–H groups in total. The van der Waals surface area contributed by atoms with Crippen LogP contribution < -0.4 is 5.32 Å². The maximum absolute atomic E-state index is 12.8. The second kappa shape index (κ2) is 8.15. The Hall–Kier alpha value is -3.40. The monoisotopic (exact) mass is 429 g/mol. The molecule has 0 aliphatic heterocycles. The summed E-state index contributed by atoms with van der Waals surface area (Å²) >= 11 is 1.16. The van der Waals surface area contributed by atoms with Gasteiger partial charge in [-0.1, -0.05) is 48.2 Å². The molecule has 4 aromatic rings. The van der Waals surface area contributed by atoms with E-state index in [9.17, 15) is 18.0 Å². The molecule has 2 aromatic heterocycles. The Labute approximate surface area is 173 Å². The summed E-state index contributed by atoms with van der Waals surface area (Å²) in [5, 5.41) is 15.7. The van der Waals surface area contributed by atoms with E-state index in [2.05, 4.69) is 20.6 Å². The van der Waals surface area contributed by atoms with E-state index < -0.39 is 17.6 Å². The zero-order chi connectivity index (χ0) is 21.1. The van der Waals surface area contributed by atoms with Gasteiger partial charge in [0.15, 0.2) is 11.5 Å². The number of thioether (sulfide) groups is 1. The lowest BCUT2D eigenvalue weighted by molar-refractivity contribution is -0.137. The molecule has 0 aliphatic rings. The van der Waals surface area contributed by atoms with Crippen LogP contribution in [0.15, 0.2) is 71.8 Å². The van der Waals surface area contributed by atoms with Crippen molar-refractivity contribution in [1.82, 2.24) is 19.8 Å². The Kier molecular flexibility index (Phi) is 5.40. The summed E-state index contributed by atoms with van der Waals surface area (Å²) in [7, 11) is 0. The van der Waals surface area contributed by atoms with E-state index in [0.29, 0.717) is 16.5 Å². The van der Waals surface area contributed by atoms with Crippen molar-refractivity contribution in [2.24, 2.45) is 0 Å². The molecule has 1 amide bonds. The van der Waals surface area contributed by atoms with Crippen LogP contribution in [0.2, 0.25) is 0 Å². The van der Waals surface area contributed by atoms with Crippen molar-refractivity contribution in [2.75, 3.05) is 11.1 Å². The van der Waals surface area contributed by atoms with Crippen LogP contribution in [-0.4, -0.2) is 31.5 Å². The third-order valence-corrected chi connectivity index (χ3v) is 5.02. The number of aromatic nitrogens is 4. The number of rotatable bonds is 5. The lowest BCUT2D eigenvalue weighted by Gasteiger charge is -2.09. The van der Waals surface area contributed by atoms with Crippen LogP contribution in [0.4, 0.5) is 18.9 Å². The molecule has 10 heteroatoms. The van der Waals surface area contributed by atoms with Crippen molar-refractivity contribution < 1.29 is 18.0 Å². The van der Waals surface area contributed by atoms with Crippen molar-refractivity contribution >= 4 is 29.0 Å². The Morgan fingerprint density at radius 3 is 2.57 bits per heavy atom. The molecule has 0 fully saturated rings. The number of alkyl halides is 3. The molecule has 0 atom stereocenters. The lowest BCUT2D eigenvalue weighted by atomic mass is 10.2. The molecule has 0 radical (unpaired) electrons. The largest absolute Gasteiger partial charge is 0.416 e. The van der Waals surface area contributed by atoms with Gasteiger partial charge in [0.1, 0.15) is 5.03 Å². The molecule has 152 valence electrons. The van der Waals surface area contributed by atoms with Gasteiger partial charge in [0, 0.05) is 11.3 Å². The number of hydrogen-bond donors (Lipinski definition) is 1. The maximum atomic E-state index is 12.8. The summed E-state index contributed by atoms with van der Waals surface area (Å²) in [4.78, 5) is 12.2. The van der Waals surface area contributed by atoms with Gasteiger partial charge in [0.05, 0.1) is 11.3 Å². The van der Waals surface area contributed by atoms with E-state index in [4.69, 9.17) is 0 Å². The number of nitrogens with one attached hydrogen (secondary N) is 1. The highest BCUT2D eigenvalue weighted by atomic mass is 32.2. The predicted molar refractivity (Wildman–Crippen MR) is 107 cm³/mol. The van der Waals surface area contributed by atoms with Gasteiger partial charge in [-0.25, -0.2) is 0 Å². The number of nitrogens with zero attached hydrogens (tertiary/aromatic N) is 4. The van der Waals surface area contributed by atoms with E-state index in [1.807, 2.05) is 30.3 Å². The number of carbonyl (C=O) groups is 1. The fraction of sp³-hybridized carbons (Fsp3) is 0.100. The molecule has 0 spiro atoms. The summed E-state index contributed by atoms with van der Waals surface area (Å²) in [6, 6.07) is 17.4. The van der Waals surface area contributed by atoms with Crippen molar-refractivity contribution in [3.8, 4) is 11.4 Å². The molecule has 0 saturated heterocycles. The Bertz CT molecular complexity index is 1190. The van der Waals surface area contributed by atoms with Crippen molar-refractivity contribution in [3.63, 3.8) is 0 Å². The number of anilines is 1. The van der Waals surface area contributed by atoms with E-state index in [1.54, 1.807) is 16.6 Å². The van der Waals surface area contributed by atoms with Crippen molar-refractivity contribution in [1.29, 1.82) is 0 Å². The smallest absolute Gasteiger partial charge is 0.325 e. The minimum Gasteiger partial charge on any atom is -0.325 e. The average molecular weight is 429 g/mol. The summed E-state index contributed by atoms with van der Waals surface area (Å²) in [6.07, 6.45) is -4.47. The number of amides is 1. The van der Waals surface area contributed by atoms with E-state index in [-0.39, 0.29) is 11.4 Å². The molecule has 0 bridgehead atoms. The first-order valence-corrected chi connectivity index (χ1v) is 9.76. The predicted octanol–water partition coefficient (Wildman–Crippen LogP) is 4.54. The van der Waals surface area contributed by atoms with Crippen LogP contribution >= 0.6 is 11.8 Å². The number of halogens is 3. The fourth-order valence-corrected chi connectivity index (χ4v) is 3.38. The molecule has 2 heterocycles. The third kappa shape index (κ3) is 4.43. The maximum Gasteiger partial charge on any atom is 0.416 e. The van der Waals surface area contributed by atoms with Crippen LogP contribution in [0.1, 0.15) is 5.56 Å². The number of carbonyl (C=O) groups excluding carboxylic acids is 1. The van der Waals surface area contributed by atoms with Crippen LogP contribution in [0.3, 0.4) is 0 Å². The molecule has 6 nitrogen and oxygen atoms in total. The van der Waals surface area contributed by atoms with Crippen LogP contribution in [0.5, 0.6) is 0 Å². The zero-order valence-corrected chi connectivity index (χ0v) is 16.1. The number of hydrogen-bond acceptors (Lipinski definition) is 5. The summed E-state index contributed by atoms with van der Waals surface area (Å²) < 4.78 is 40.0. The number of fused-ring (bicyclic) bond motifs is 1. The highest BCUT2D eigenvalue weighted by Gasteiger charge is 2.30. The second-order valence-corrected chi connectivity index (χ2v) is 7.24. The Balaban J connectivity index is 1.45. The SMILES string of the molecule is O=C(CSc1ccc2nnc(-c3ccccc3)n2n1)Nc1cccc(C(F)(F)F)c1. The Morgan fingerprint density at radius 1 is 1.00 bits per heavy atom. The van der Waals surface area contributed by atoms with Gasteiger partial charge in [-0.2, -0.15) is 22.8 Å². The van der Waals surface area contributed by atoms with Crippen LogP contribution in [0, 0.1) is 0 Å². The van der Waals surface area contributed by atoms with Crippen LogP contribution in [0.25, 0.3) is 17.0 Å². The molecular weight excluding hydrogens is 415 g/mol. The first kappa shape index (κ1) is 19.9. The van der Waals surface area contributed by atoms with Gasteiger partial charge >= 0.3 is 6.18 Å². The summed E-state index contributed by atoms with van der Waals surface area (Å²) in [6.45, 7) is 0. The zero-order valence-electron chi connectivity index (χ0n) is 15.3. The highest BCUT2D eigenvalue weighted by molar-refractivity contribution is 7.99. The normalized spacial score (nSPS) is 11.6. The minimum absolute atomic E-state index is 0.0163. The molecule has 0 aliphatic carbocycles. The Morgan fingerprint density at radius 2 is 1.80 bits per heavy atom. The summed E-state index contributed by atoms with van der Waals surface area (Å²) in [5.41, 5.74) is 0.679. The molecule has 30 heavy (non-hydrogen) atoms. The lowest BCUT2D eigenvalue weighted by Crippen LogP contribution is -2.15. The van der Waals surface area contributed by atoms with Gasteiger partial charge in [0.25, 0.3) is 0 Å². The van der Waals surface area contributed by atoms with Crippen molar-refractivity contribution in [3.05, 3.63) is 72.3 Å². The highest BCUT2D eigenvalue weighted by Crippen LogP contribution is 2.30. The van der Waals surface area contributed by atoms with Gasteiger partial charge < -0.3 is 5.32 Å². The third-order valence-electron chi connectivity index (χ3n) is 4.10. The first-order chi connectivity index (χ1) is 14.4. The molecule has 2 aromatic carbocycles. The average Bonchev–Trinajstić information content (AvgIpc) is 3.16. The van der Waals surface area contributed by atoms with Crippen molar-refractivity contribution in [2.45, 2.75) is 11.2 Å². The number of benzene rings is 2. The molecule has 0 unspecified atom stereocenters. The van der Waals surface area contributed by atoms with Gasteiger partial charge in [-0.05, 0) is 30.3 Å². The molecule has 0 saturated carbocycles. The topological polar surface area (TPSA) is 72.2 Å². The fourth-order valence-electron chi connectivity index (χ4n) is 2.73. The van der Waals surface area contributed by atoms with E-state index in [1.165, 1.54) is 12.1 Å². The summed E-state index contributed by atoms with van der Waals surface area (Å²) in [5.74, 6) is 0.118. The van der Waals surface area contributed by atoms with E-state index >= 15 is 0 Å². The quantitative estimate of drug-likeness (QED) is 0.472. The standard InChI is InChI=1S/C20H14F3N5OS/c21-20(22,23)14-7-4-8-15(11-14)24-17(29)12-30-18-10-9-16-25-26-19(28(16)27-18)13-5-2-1-3-6-13/h1-11H,12H2,(H,24,29). The second-order valence-electron chi connectivity index (χ2n) is 6.25.